The summed E-state index contributed by atoms with van der Waals surface area (Å²) in [6.07, 6.45) is -2.02. The number of oxazole rings is 1. The summed E-state index contributed by atoms with van der Waals surface area (Å²) in [6, 6.07) is 2.25. The zero-order valence-electron chi connectivity index (χ0n) is 10.9. The van der Waals surface area contributed by atoms with Crippen molar-refractivity contribution in [2.75, 3.05) is 0 Å². The number of aliphatic hydroxyl groups is 1. The molecule has 1 aromatic heterocycles. The van der Waals surface area contributed by atoms with Crippen molar-refractivity contribution in [1.29, 1.82) is 0 Å². The molecule has 0 amide bonds. The molecule has 1 N–H and O–H groups in total. The van der Waals surface area contributed by atoms with Gasteiger partial charge in [-0.15, -0.1) is 0 Å². The molecule has 0 aliphatic heterocycles. The minimum absolute atomic E-state index is 0.0237. The maximum absolute atomic E-state index is 13.6. The van der Waals surface area contributed by atoms with Gasteiger partial charge < -0.3 is 9.52 Å². The largest absolute Gasteiger partial charge is 0.442 e. The van der Waals surface area contributed by atoms with Gasteiger partial charge in [-0.25, -0.2) is 9.37 Å². The topological polar surface area (TPSA) is 46.3 Å². The molecule has 0 spiro atoms. The van der Waals surface area contributed by atoms with Gasteiger partial charge in [-0.2, -0.15) is 13.2 Å². The van der Waals surface area contributed by atoms with Crippen LogP contribution in [0.3, 0.4) is 0 Å². The summed E-state index contributed by atoms with van der Waals surface area (Å²) < 4.78 is 56.0. The number of nitrogens with zero attached hydrogens (tertiary/aromatic N) is 1. The van der Waals surface area contributed by atoms with Crippen molar-refractivity contribution < 1.29 is 27.1 Å². The maximum Gasteiger partial charge on any atom is 0.416 e. The van der Waals surface area contributed by atoms with E-state index in [-0.39, 0.29) is 18.1 Å². The van der Waals surface area contributed by atoms with Gasteiger partial charge >= 0.3 is 6.18 Å². The van der Waals surface area contributed by atoms with E-state index in [9.17, 15) is 17.6 Å². The minimum Gasteiger partial charge on any atom is -0.442 e. The monoisotopic (exact) mass is 301 g/mol. The summed E-state index contributed by atoms with van der Waals surface area (Å²) in [6.45, 7) is 1.31. The van der Waals surface area contributed by atoms with Crippen LogP contribution in [-0.4, -0.2) is 10.1 Å². The third-order valence-corrected chi connectivity index (χ3v) is 2.79. The molecule has 0 saturated carbocycles. The van der Waals surface area contributed by atoms with Gasteiger partial charge in [0.2, 0.25) is 5.89 Å². The second-order valence-corrected chi connectivity index (χ2v) is 4.28. The molecular weight excluding hydrogens is 290 g/mol. The lowest BCUT2D eigenvalue weighted by atomic mass is 10.1. The van der Waals surface area contributed by atoms with Crippen molar-refractivity contribution in [1.82, 2.24) is 4.98 Å². The van der Waals surface area contributed by atoms with Crippen LogP contribution < -0.4 is 0 Å². The van der Waals surface area contributed by atoms with E-state index in [0.717, 1.165) is 12.1 Å². The number of hydrogen-bond donors (Lipinski definition) is 1. The first-order chi connectivity index (χ1) is 9.81. The third-order valence-electron chi connectivity index (χ3n) is 2.79. The first-order valence-electron chi connectivity index (χ1n) is 5.93. The highest BCUT2D eigenvalue weighted by atomic mass is 19.4. The highest BCUT2D eigenvalue weighted by Gasteiger charge is 2.30. The van der Waals surface area contributed by atoms with Crippen molar-refractivity contribution in [3.8, 4) is 0 Å². The molecule has 7 heteroatoms. The molecule has 1 aromatic carbocycles. The molecule has 0 bridgehead atoms. The smallest absolute Gasteiger partial charge is 0.416 e. The van der Waals surface area contributed by atoms with Crippen LogP contribution in [0.15, 0.2) is 22.6 Å². The highest BCUT2D eigenvalue weighted by molar-refractivity contribution is 5.66. The van der Waals surface area contributed by atoms with Gasteiger partial charge in [-0.3, -0.25) is 0 Å². The summed E-state index contributed by atoms with van der Waals surface area (Å²) >= 11 is 0. The second kappa shape index (κ2) is 5.69. The Morgan fingerprint density at radius 2 is 2.00 bits per heavy atom. The van der Waals surface area contributed by atoms with E-state index in [1.165, 1.54) is 12.2 Å². The quantitative estimate of drug-likeness (QED) is 0.877. The van der Waals surface area contributed by atoms with Crippen LogP contribution in [-0.2, 0) is 12.8 Å². The molecule has 0 atom stereocenters. The third kappa shape index (κ3) is 3.49. The van der Waals surface area contributed by atoms with E-state index < -0.39 is 17.6 Å². The number of rotatable bonds is 3. The number of hydrogen-bond acceptors (Lipinski definition) is 3. The summed E-state index contributed by atoms with van der Waals surface area (Å²) in [5.74, 6) is -0.437. The molecule has 1 heterocycles. The Balaban J connectivity index is 2.25. The zero-order chi connectivity index (χ0) is 15.6. The summed E-state index contributed by atoms with van der Waals surface area (Å²) in [5, 5.41) is 8.95. The fraction of sp³-hybridized carbons (Fsp3) is 0.214. The van der Waals surface area contributed by atoms with Crippen molar-refractivity contribution in [2.24, 2.45) is 0 Å². The van der Waals surface area contributed by atoms with Gasteiger partial charge in [-0.05, 0) is 25.1 Å². The van der Waals surface area contributed by atoms with E-state index in [0.29, 0.717) is 17.5 Å². The van der Waals surface area contributed by atoms with Gasteiger partial charge in [-0.1, -0.05) is 6.07 Å². The van der Waals surface area contributed by atoms with E-state index in [2.05, 4.69) is 4.98 Å². The standard InChI is InChI=1S/C14H11F4NO2/c1-8-12(7-20)19-13(21-8)5-3-9-2-4-10(6-11(9)15)14(16,17)18/h2-6,20H,7H2,1H3/b5-3+. The number of aryl methyl sites for hydroxylation is 1. The minimum atomic E-state index is -4.58. The summed E-state index contributed by atoms with van der Waals surface area (Å²) in [4.78, 5) is 3.92. The Hall–Kier alpha value is -2.15. The molecule has 0 aliphatic carbocycles. The Morgan fingerprint density at radius 3 is 2.52 bits per heavy atom. The summed E-state index contributed by atoms with van der Waals surface area (Å²) in [7, 11) is 0. The van der Waals surface area contributed by atoms with Crippen LogP contribution in [0.25, 0.3) is 12.2 Å². The Bertz CT molecular complexity index is 674. The highest BCUT2D eigenvalue weighted by Crippen LogP contribution is 2.30. The van der Waals surface area contributed by atoms with E-state index in [4.69, 9.17) is 9.52 Å². The second-order valence-electron chi connectivity index (χ2n) is 4.28. The van der Waals surface area contributed by atoms with Gasteiger partial charge in [0.05, 0.1) is 12.2 Å². The SMILES string of the molecule is Cc1oc(/C=C/c2ccc(C(F)(F)F)cc2F)nc1CO. The Morgan fingerprint density at radius 1 is 1.29 bits per heavy atom. The average molecular weight is 301 g/mol. The lowest BCUT2D eigenvalue weighted by Crippen LogP contribution is -2.05. The van der Waals surface area contributed by atoms with Crippen LogP contribution in [0.2, 0.25) is 0 Å². The normalized spacial score (nSPS) is 12.3. The zero-order valence-corrected chi connectivity index (χ0v) is 10.9. The van der Waals surface area contributed by atoms with Gasteiger partial charge in [0.1, 0.15) is 17.3 Å². The van der Waals surface area contributed by atoms with Crippen molar-refractivity contribution in [3.05, 3.63) is 52.5 Å². The van der Waals surface area contributed by atoms with Crippen molar-refractivity contribution in [2.45, 2.75) is 19.7 Å². The first-order valence-corrected chi connectivity index (χ1v) is 5.93. The first kappa shape index (κ1) is 15.2. The maximum atomic E-state index is 13.6. The van der Waals surface area contributed by atoms with Gasteiger partial charge in [0.15, 0.2) is 0 Å². The predicted octanol–water partition coefficient (Wildman–Crippen LogP) is 3.80. The predicted molar refractivity (Wildman–Crippen MR) is 67.5 cm³/mol. The molecule has 112 valence electrons. The van der Waals surface area contributed by atoms with Crippen molar-refractivity contribution >= 4 is 12.2 Å². The Labute approximate surface area is 117 Å². The van der Waals surface area contributed by atoms with E-state index >= 15 is 0 Å². The molecule has 0 aliphatic rings. The van der Waals surface area contributed by atoms with Crippen LogP contribution in [0, 0.1) is 12.7 Å². The average Bonchev–Trinajstić information content (AvgIpc) is 2.76. The van der Waals surface area contributed by atoms with Gasteiger partial charge in [0, 0.05) is 11.6 Å². The molecule has 2 aromatic rings. The number of benzene rings is 1. The number of aliphatic hydroxyl groups excluding tert-OH is 1. The van der Waals surface area contributed by atoms with Crippen LogP contribution >= 0.6 is 0 Å². The molecule has 3 nitrogen and oxygen atoms in total. The van der Waals surface area contributed by atoms with Crippen LogP contribution in [0.1, 0.15) is 28.5 Å². The fourth-order valence-electron chi connectivity index (χ4n) is 1.67. The molecule has 0 saturated heterocycles. The molecule has 0 unspecified atom stereocenters. The van der Waals surface area contributed by atoms with Crippen molar-refractivity contribution in [3.63, 3.8) is 0 Å². The van der Waals surface area contributed by atoms with E-state index in [1.807, 2.05) is 0 Å². The molecule has 0 fully saturated rings. The lowest BCUT2D eigenvalue weighted by Gasteiger charge is -2.07. The number of halogens is 4. The lowest BCUT2D eigenvalue weighted by molar-refractivity contribution is -0.137. The van der Waals surface area contributed by atoms with Crippen LogP contribution in [0.5, 0.6) is 0 Å². The molecular formula is C14H11F4NO2. The van der Waals surface area contributed by atoms with E-state index in [1.54, 1.807) is 6.92 Å². The molecule has 2 rings (SSSR count). The number of aromatic nitrogens is 1. The van der Waals surface area contributed by atoms with Crippen LogP contribution in [0.4, 0.5) is 17.6 Å². The number of alkyl halides is 3. The summed E-state index contributed by atoms with van der Waals surface area (Å²) in [5.41, 5.74) is -0.723. The van der Waals surface area contributed by atoms with Gasteiger partial charge in [0.25, 0.3) is 0 Å². The molecule has 0 radical (unpaired) electrons. The fourth-order valence-corrected chi connectivity index (χ4v) is 1.67. The molecule has 21 heavy (non-hydrogen) atoms. The Kier molecular flexibility index (Phi) is 4.13.